The van der Waals surface area contributed by atoms with E-state index in [2.05, 4.69) is 17.6 Å². The molecule has 0 saturated carbocycles. The molecule has 0 bridgehead atoms. The van der Waals surface area contributed by atoms with Crippen molar-refractivity contribution < 1.29 is 9.59 Å². The van der Waals surface area contributed by atoms with Crippen molar-refractivity contribution in [2.75, 3.05) is 26.7 Å². The van der Waals surface area contributed by atoms with Gasteiger partial charge in [0.05, 0.1) is 5.41 Å². The van der Waals surface area contributed by atoms with Crippen LogP contribution in [-0.2, 0) is 9.59 Å². The highest BCUT2D eigenvalue weighted by Crippen LogP contribution is 2.35. The Labute approximate surface area is 121 Å². The summed E-state index contributed by atoms with van der Waals surface area (Å²) in [6, 6.07) is -0.268. The number of hydrogen-bond acceptors (Lipinski definition) is 3. The SMILES string of the molecule is CCCC1(C(=O)N2CCCCC2C(=O)NC)CCNC1. The molecule has 2 heterocycles. The molecule has 2 saturated heterocycles. The van der Waals surface area contributed by atoms with Crippen molar-refractivity contribution in [3.8, 4) is 0 Å². The molecule has 5 heteroatoms. The van der Waals surface area contributed by atoms with Gasteiger partial charge in [-0.25, -0.2) is 0 Å². The van der Waals surface area contributed by atoms with E-state index in [9.17, 15) is 9.59 Å². The monoisotopic (exact) mass is 281 g/mol. The maximum Gasteiger partial charge on any atom is 0.242 e. The summed E-state index contributed by atoms with van der Waals surface area (Å²) in [4.78, 5) is 26.9. The summed E-state index contributed by atoms with van der Waals surface area (Å²) in [6.07, 6.45) is 5.65. The molecule has 2 fully saturated rings. The number of likely N-dealkylation sites (N-methyl/N-ethyl adjacent to an activating group) is 1. The minimum atomic E-state index is -0.279. The number of nitrogens with zero attached hydrogens (tertiary/aromatic N) is 1. The minimum absolute atomic E-state index is 0.0179. The van der Waals surface area contributed by atoms with E-state index in [0.717, 1.165) is 58.2 Å². The third kappa shape index (κ3) is 2.82. The molecule has 0 aromatic carbocycles. The highest BCUT2D eigenvalue weighted by molar-refractivity contribution is 5.90. The summed E-state index contributed by atoms with van der Waals surface area (Å²) in [5.74, 6) is 0.174. The first-order valence-corrected chi connectivity index (χ1v) is 7.88. The predicted octanol–water partition coefficient (Wildman–Crippen LogP) is 0.893. The van der Waals surface area contributed by atoms with Crippen molar-refractivity contribution in [2.24, 2.45) is 5.41 Å². The van der Waals surface area contributed by atoms with Gasteiger partial charge >= 0.3 is 0 Å². The van der Waals surface area contributed by atoms with Gasteiger partial charge in [-0.1, -0.05) is 13.3 Å². The summed E-state index contributed by atoms with van der Waals surface area (Å²) in [7, 11) is 1.65. The van der Waals surface area contributed by atoms with Gasteiger partial charge in [0.15, 0.2) is 0 Å². The highest BCUT2D eigenvalue weighted by atomic mass is 16.2. The largest absolute Gasteiger partial charge is 0.357 e. The molecule has 0 aromatic heterocycles. The number of nitrogens with one attached hydrogen (secondary N) is 2. The van der Waals surface area contributed by atoms with E-state index in [0.29, 0.717) is 0 Å². The van der Waals surface area contributed by atoms with E-state index in [1.54, 1.807) is 7.05 Å². The molecule has 2 rings (SSSR count). The Morgan fingerprint density at radius 1 is 1.40 bits per heavy atom. The molecule has 114 valence electrons. The molecule has 0 radical (unpaired) electrons. The number of hydrogen-bond donors (Lipinski definition) is 2. The second-order valence-corrected chi connectivity index (χ2v) is 6.08. The van der Waals surface area contributed by atoms with Crippen LogP contribution in [0.2, 0.25) is 0 Å². The van der Waals surface area contributed by atoms with Crippen molar-refractivity contribution in [2.45, 2.75) is 51.5 Å². The molecular weight excluding hydrogens is 254 g/mol. The Kier molecular flexibility index (Phi) is 5.02. The summed E-state index contributed by atoms with van der Waals surface area (Å²) in [5, 5.41) is 6.03. The molecular formula is C15H27N3O2. The van der Waals surface area contributed by atoms with Crippen LogP contribution in [0, 0.1) is 5.41 Å². The van der Waals surface area contributed by atoms with E-state index in [-0.39, 0.29) is 23.3 Å². The van der Waals surface area contributed by atoms with Crippen LogP contribution in [0.3, 0.4) is 0 Å². The fourth-order valence-electron chi connectivity index (χ4n) is 3.64. The van der Waals surface area contributed by atoms with Crippen LogP contribution in [-0.4, -0.2) is 49.4 Å². The predicted molar refractivity (Wildman–Crippen MR) is 78.2 cm³/mol. The average Bonchev–Trinajstić information content (AvgIpc) is 2.96. The smallest absolute Gasteiger partial charge is 0.242 e. The second kappa shape index (κ2) is 6.57. The van der Waals surface area contributed by atoms with Gasteiger partial charge in [-0.2, -0.15) is 0 Å². The summed E-state index contributed by atoms with van der Waals surface area (Å²) in [5.41, 5.74) is -0.279. The maximum atomic E-state index is 13.0. The van der Waals surface area contributed by atoms with E-state index in [1.807, 2.05) is 4.90 Å². The third-order valence-electron chi connectivity index (χ3n) is 4.74. The van der Waals surface area contributed by atoms with Crippen LogP contribution in [0.25, 0.3) is 0 Å². The third-order valence-corrected chi connectivity index (χ3v) is 4.74. The summed E-state index contributed by atoms with van der Waals surface area (Å²) >= 11 is 0. The number of amides is 2. The minimum Gasteiger partial charge on any atom is -0.357 e. The number of carbonyl (C=O) groups is 2. The molecule has 0 aliphatic carbocycles. The van der Waals surface area contributed by atoms with Crippen LogP contribution in [0.1, 0.15) is 45.4 Å². The maximum absolute atomic E-state index is 13.0. The van der Waals surface area contributed by atoms with Crippen LogP contribution in [0.4, 0.5) is 0 Å². The standard InChI is InChI=1S/C15H27N3O2/c1-3-7-15(8-9-17-11-15)14(20)18-10-5-4-6-12(18)13(19)16-2/h12,17H,3-11H2,1-2H3,(H,16,19). The van der Waals surface area contributed by atoms with Gasteiger partial charge in [0.25, 0.3) is 0 Å². The fourth-order valence-corrected chi connectivity index (χ4v) is 3.64. The zero-order chi connectivity index (χ0) is 14.6. The Morgan fingerprint density at radius 2 is 2.20 bits per heavy atom. The van der Waals surface area contributed by atoms with Crippen LogP contribution < -0.4 is 10.6 Å². The van der Waals surface area contributed by atoms with Crippen molar-refractivity contribution in [3.63, 3.8) is 0 Å². The Hall–Kier alpha value is -1.10. The van der Waals surface area contributed by atoms with Gasteiger partial charge in [-0.15, -0.1) is 0 Å². The van der Waals surface area contributed by atoms with E-state index >= 15 is 0 Å². The quantitative estimate of drug-likeness (QED) is 0.804. The lowest BCUT2D eigenvalue weighted by Crippen LogP contribution is -2.56. The first kappa shape index (κ1) is 15.3. The van der Waals surface area contributed by atoms with E-state index in [1.165, 1.54) is 0 Å². The Bertz CT molecular complexity index is 364. The van der Waals surface area contributed by atoms with Crippen LogP contribution in [0.15, 0.2) is 0 Å². The van der Waals surface area contributed by atoms with Crippen LogP contribution >= 0.6 is 0 Å². The molecule has 2 atom stereocenters. The van der Waals surface area contributed by atoms with E-state index < -0.39 is 0 Å². The fraction of sp³-hybridized carbons (Fsp3) is 0.867. The topological polar surface area (TPSA) is 61.4 Å². The lowest BCUT2D eigenvalue weighted by molar-refractivity contribution is -0.150. The molecule has 20 heavy (non-hydrogen) atoms. The van der Waals surface area contributed by atoms with Gasteiger partial charge in [-0.3, -0.25) is 9.59 Å². The molecule has 2 N–H and O–H groups in total. The number of rotatable bonds is 4. The molecule has 0 spiro atoms. The summed E-state index contributed by atoms with van der Waals surface area (Å²) < 4.78 is 0. The molecule has 2 aliphatic rings. The molecule has 2 aliphatic heterocycles. The first-order valence-electron chi connectivity index (χ1n) is 7.88. The molecule has 5 nitrogen and oxygen atoms in total. The highest BCUT2D eigenvalue weighted by Gasteiger charge is 2.45. The number of carbonyl (C=O) groups excluding carboxylic acids is 2. The Morgan fingerprint density at radius 3 is 2.80 bits per heavy atom. The zero-order valence-corrected chi connectivity index (χ0v) is 12.7. The van der Waals surface area contributed by atoms with Crippen molar-refractivity contribution in [1.29, 1.82) is 0 Å². The zero-order valence-electron chi connectivity index (χ0n) is 12.7. The van der Waals surface area contributed by atoms with Gasteiger partial charge in [0, 0.05) is 20.1 Å². The van der Waals surface area contributed by atoms with Crippen molar-refractivity contribution in [3.05, 3.63) is 0 Å². The van der Waals surface area contributed by atoms with Gasteiger partial charge in [0.2, 0.25) is 11.8 Å². The molecule has 2 unspecified atom stereocenters. The van der Waals surface area contributed by atoms with Crippen molar-refractivity contribution in [1.82, 2.24) is 15.5 Å². The molecule has 0 aromatic rings. The lowest BCUT2D eigenvalue weighted by Gasteiger charge is -2.40. The van der Waals surface area contributed by atoms with Gasteiger partial charge < -0.3 is 15.5 Å². The number of piperidine rings is 1. The van der Waals surface area contributed by atoms with Crippen LogP contribution in [0.5, 0.6) is 0 Å². The van der Waals surface area contributed by atoms with E-state index in [4.69, 9.17) is 0 Å². The summed E-state index contributed by atoms with van der Waals surface area (Å²) in [6.45, 7) is 4.52. The lowest BCUT2D eigenvalue weighted by atomic mass is 9.80. The molecule has 2 amide bonds. The average molecular weight is 281 g/mol. The van der Waals surface area contributed by atoms with Gasteiger partial charge in [0.1, 0.15) is 6.04 Å². The van der Waals surface area contributed by atoms with Gasteiger partial charge in [-0.05, 0) is 38.6 Å². The second-order valence-electron chi connectivity index (χ2n) is 6.08. The Balaban J connectivity index is 2.17. The van der Waals surface area contributed by atoms with Crippen molar-refractivity contribution >= 4 is 11.8 Å². The first-order chi connectivity index (χ1) is 9.64. The normalized spacial score (nSPS) is 30.3. The number of likely N-dealkylation sites (tertiary alicyclic amines) is 1.